The monoisotopic (exact) mass is 513 g/mol. The van der Waals surface area contributed by atoms with Gasteiger partial charge in [-0.1, -0.05) is 28.9 Å². The molecule has 2 aliphatic rings. The Morgan fingerprint density at radius 2 is 2.00 bits per heavy atom. The van der Waals surface area contributed by atoms with Crippen LogP contribution in [0, 0.1) is 17.1 Å². The van der Waals surface area contributed by atoms with Gasteiger partial charge in [-0.25, -0.2) is 9.07 Å². The number of fused-ring (bicyclic) bond motifs is 1. The second-order valence-corrected chi connectivity index (χ2v) is 11.0. The smallest absolute Gasteiger partial charge is 0.148 e. The summed E-state index contributed by atoms with van der Waals surface area (Å²) in [4.78, 5) is 4.49. The highest BCUT2D eigenvalue weighted by Crippen LogP contribution is 2.41. The number of nitrogens with zero attached hydrogens (tertiary/aromatic N) is 5. The van der Waals surface area contributed by atoms with Crippen LogP contribution in [0.15, 0.2) is 48.8 Å². The van der Waals surface area contributed by atoms with Gasteiger partial charge < -0.3 is 10.6 Å². The first-order chi connectivity index (χ1) is 17.8. The molecule has 0 bridgehead atoms. The van der Waals surface area contributed by atoms with Crippen molar-refractivity contribution in [1.82, 2.24) is 20.0 Å². The third kappa shape index (κ3) is 4.29. The van der Waals surface area contributed by atoms with E-state index in [4.69, 9.17) is 11.6 Å². The van der Waals surface area contributed by atoms with Crippen LogP contribution >= 0.6 is 11.6 Å². The van der Waals surface area contributed by atoms with Gasteiger partial charge in [-0.3, -0.25) is 4.98 Å². The van der Waals surface area contributed by atoms with E-state index in [-0.39, 0.29) is 11.4 Å². The average Bonchev–Trinajstić information content (AvgIpc) is 3.59. The second kappa shape index (κ2) is 8.74. The fourth-order valence-electron chi connectivity index (χ4n) is 5.06. The van der Waals surface area contributed by atoms with Gasteiger partial charge in [0.05, 0.1) is 39.5 Å². The molecule has 0 spiro atoms. The third-order valence-electron chi connectivity index (χ3n) is 7.69. The number of hydrogen-bond acceptors (Lipinski definition) is 6. The van der Waals surface area contributed by atoms with Gasteiger partial charge in [0, 0.05) is 22.8 Å². The van der Waals surface area contributed by atoms with Gasteiger partial charge in [0.25, 0.3) is 0 Å². The maximum atomic E-state index is 13.8. The first-order valence-electron chi connectivity index (χ1n) is 12.6. The summed E-state index contributed by atoms with van der Waals surface area (Å²) in [5.41, 5.74) is 3.21. The number of rotatable bonds is 7. The zero-order valence-corrected chi connectivity index (χ0v) is 21.5. The lowest BCUT2D eigenvalue weighted by atomic mass is 9.69. The summed E-state index contributed by atoms with van der Waals surface area (Å²) in [6.45, 7) is 2.17. The molecule has 2 saturated carbocycles. The molecule has 1 unspecified atom stereocenters. The average molecular weight is 514 g/mol. The Morgan fingerprint density at radius 3 is 2.65 bits per heavy atom. The van der Waals surface area contributed by atoms with Crippen molar-refractivity contribution in [3.05, 3.63) is 76.5 Å². The second-order valence-electron chi connectivity index (χ2n) is 10.6. The molecule has 1 atom stereocenters. The lowest BCUT2D eigenvalue weighted by Crippen LogP contribution is -2.42. The highest BCUT2D eigenvalue weighted by atomic mass is 35.5. The summed E-state index contributed by atoms with van der Waals surface area (Å²) in [6, 6.07) is 12.8. The molecular formula is C27H26BClFN7. The minimum Gasteiger partial charge on any atom is -0.378 e. The van der Waals surface area contributed by atoms with E-state index in [2.05, 4.69) is 38.9 Å². The molecule has 4 aromatic rings. The highest BCUT2D eigenvalue weighted by Gasteiger charge is 2.35. The van der Waals surface area contributed by atoms with Crippen molar-refractivity contribution < 1.29 is 4.39 Å². The van der Waals surface area contributed by atoms with Crippen LogP contribution in [0.4, 0.5) is 15.8 Å². The standard InChI is InChI=1S/C27H26BClFN7/c1-26(9-2-10-26)34-24-16(13-31)14-32-25-21(24)11-19(12-22(25)29)33-27(28,17-3-5-18(30)6-4-17)23-15-37(36-35-23)20-7-8-20/h3-6,11-12,14-15,20,33H,2,7-10,28H2,1H3,(H,32,34). The number of nitrogens with one attached hydrogen (secondary N) is 2. The Labute approximate surface area is 220 Å². The molecule has 0 saturated heterocycles. The molecule has 0 aliphatic heterocycles. The molecule has 10 heteroatoms. The van der Waals surface area contributed by atoms with E-state index in [9.17, 15) is 9.65 Å². The number of anilines is 2. The van der Waals surface area contributed by atoms with Gasteiger partial charge in [-0.2, -0.15) is 5.26 Å². The van der Waals surface area contributed by atoms with Crippen LogP contribution in [0.1, 0.15) is 61.9 Å². The normalized spacial score (nSPS) is 18.0. The van der Waals surface area contributed by atoms with Gasteiger partial charge in [0.1, 0.15) is 25.4 Å². The number of aromatic nitrogens is 4. The Morgan fingerprint density at radius 1 is 1.24 bits per heavy atom. The summed E-state index contributed by atoms with van der Waals surface area (Å²) >= 11 is 6.75. The maximum absolute atomic E-state index is 13.8. The summed E-state index contributed by atoms with van der Waals surface area (Å²) in [6.07, 6.45) is 8.93. The Bertz CT molecular complexity index is 1540. The SMILES string of the molecule is BC(Nc1cc(Cl)c2ncc(C#N)c(NC3(C)CCC3)c2c1)(c1ccc(F)cc1)c1cn(C2CC2)nn1. The zero-order valence-electron chi connectivity index (χ0n) is 20.7. The van der Waals surface area contributed by atoms with Crippen molar-refractivity contribution in [1.29, 1.82) is 5.26 Å². The minimum atomic E-state index is -0.828. The number of nitriles is 1. The summed E-state index contributed by atoms with van der Waals surface area (Å²) in [5.74, 6) is -0.309. The van der Waals surface area contributed by atoms with Gasteiger partial charge >= 0.3 is 0 Å². The number of pyridine rings is 1. The molecule has 37 heavy (non-hydrogen) atoms. The van der Waals surface area contributed by atoms with E-state index in [1.165, 1.54) is 12.1 Å². The van der Waals surface area contributed by atoms with Crippen molar-refractivity contribution in [2.75, 3.05) is 10.6 Å². The molecular weight excluding hydrogens is 488 g/mol. The first kappa shape index (κ1) is 23.7. The summed E-state index contributed by atoms with van der Waals surface area (Å²) in [5, 5.41) is 27.1. The Balaban J connectivity index is 1.47. The molecule has 6 rings (SSSR count). The predicted molar refractivity (Wildman–Crippen MR) is 145 cm³/mol. The van der Waals surface area contributed by atoms with Crippen LogP contribution in [-0.2, 0) is 5.44 Å². The Hall–Kier alpha value is -3.64. The van der Waals surface area contributed by atoms with Crippen LogP contribution < -0.4 is 10.6 Å². The van der Waals surface area contributed by atoms with Crippen molar-refractivity contribution in [3.63, 3.8) is 0 Å². The predicted octanol–water partition coefficient (Wildman–Crippen LogP) is 5.13. The molecule has 0 amide bonds. The van der Waals surface area contributed by atoms with E-state index in [0.29, 0.717) is 27.8 Å². The lowest BCUT2D eigenvalue weighted by Gasteiger charge is -2.40. The molecule has 2 aromatic heterocycles. The van der Waals surface area contributed by atoms with Gasteiger partial charge in [-0.05, 0) is 68.9 Å². The molecule has 2 fully saturated rings. The fraction of sp³-hybridized carbons (Fsp3) is 0.333. The molecule has 2 heterocycles. The number of hydrogen-bond donors (Lipinski definition) is 2. The van der Waals surface area contributed by atoms with E-state index in [1.54, 1.807) is 18.3 Å². The molecule has 2 N–H and O–H groups in total. The van der Waals surface area contributed by atoms with Crippen LogP contribution in [0.3, 0.4) is 0 Å². The van der Waals surface area contributed by atoms with Crippen LogP contribution in [-0.4, -0.2) is 33.4 Å². The van der Waals surface area contributed by atoms with Crippen LogP contribution in [0.5, 0.6) is 0 Å². The topological polar surface area (TPSA) is 91.5 Å². The van der Waals surface area contributed by atoms with E-state index in [0.717, 1.165) is 54.4 Å². The van der Waals surface area contributed by atoms with E-state index >= 15 is 0 Å². The molecule has 7 nitrogen and oxygen atoms in total. The summed E-state index contributed by atoms with van der Waals surface area (Å²) < 4.78 is 15.7. The summed E-state index contributed by atoms with van der Waals surface area (Å²) in [7, 11) is 2.00. The first-order valence-corrected chi connectivity index (χ1v) is 12.9. The van der Waals surface area contributed by atoms with Gasteiger partial charge in [0.2, 0.25) is 0 Å². The van der Waals surface area contributed by atoms with Gasteiger partial charge in [-0.15, -0.1) is 5.10 Å². The van der Waals surface area contributed by atoms with Crippen molar-refractivity contribution in [3.8, 4) is 6.07 Å². The number of halogens is 2. The van der Waals surface area contributed by atoms with Crippen molar-refractivity contribution in [2.24, 2.45) is 0 Å². The van der Waals surface area contributed by atoms with E-state index < -0.39 is 5.44 Å². The van der Waals surface area contributed by atoms with Crippen LogP contribution in [0.2, 0.25) is 5.02 Å². The maximum Gasteiger partial charge on any atom is 0.148 e. The van der Waals surface area contributed by atoms with Gasteiger partial charge in [0.15, 0.2) is 0 Å². The quantitative estimate of drug-likeness (QED) is 0.333. The molecule has 186 valence electrons. The van der Waals surface area contributed by atoms with Crippen molar-refractivity contribution in [2.45, 2.75) is 56.0 Å². The Kier molecular flexibility index (Phi) is 5.61. The van der Waals surface area contributed by atoms with Crippen molar-refractivity contribution >= 4 is 41.7 Å². The molecule has 2 aromatic carbocycles. The minimum absolute atomic E-state index is 0.0697. The fourth-order valence-corrected chi connectivity index (χ4v) is 5.33. The zero-order chi connectivity index (χ0) is 25.8. The molecule has 0 radical (unpaired) electrons. The highest BCUT2D eigenvalue weighted by molar-refractivity contribution is 6.36. The largest absolute Gasteiger partial charge is 0.378 e. The lowest BCUT2D eigenvalue weighted by molar-refractivity contribution is 0.307. The third-order valence-corrected chi connectivity index (χ3v) is 7.98. The van der Waals surface area contributed by atoms with Crippen LogP contribution in [0.25, 0.3) is 10.9 Å². The van der Waals surface area contributed by atoms with E-state index in [1.807, 2.05) is 30.9 Å². The molecule has 2 aliphatic carbocycles. The number of benzene rings is 2.